The van der Waals surface area contributed by atoms with Gasteiger partial charge in [-0.25, -0.2) is 18.7 Å². The average molecular weight is 436 g/mol. The van der Waals surface area contributed by atoms with E-state index in [4.69, 9.17) is 4.74 Å². The molecule has 1 aliphatic carbocycles. The van der Waals surface area contributed by atoms with Crippen LogP contribution in [0.25, 0.3) is 22.6 Å². The highest BCUT2D eigenvalue weighted by Crippen LogP contribution is 2.28. The lowest BCUT2D eigenvalue weighted by Crippen LogP contribution is -2.15. The lowest BCUT2D eigenvalue weighted by Gasteiger charge is -2.14. The molecule has 0 atom stereocenters. The van der Waals surface area contributed by atoms with Gasteiger partial charge < -0.3 is 10.1 Å². The Labute approximate surface area is 181 Å². The number of amides is 1. The molecule has 0 aliphatic heterocycles. The smallest absolute Gasteiger partial charge is 0.258 e. The molecule has 1 fully saturated rings. The van der Waals surface area contributed by atoms with Gasteiger partial charge in [0, 0.05) is 17.3 Å². The van der Waals surface area contributed by atoms with Crippen LogP contribution in [0, 0.1) is 11.6 Å². The first-order valence-electron chi connectivity index (χ1n) is 10.2. The maximum Gasteiger partial charge on any atom is 0.258 e. The van der Waals surface area contributed by atoms with Crippen molar-refractivity contribution in [2.75, 3.05) is 5.32 Å². The Morgan fingerprint density at radius 1 is 1.06 bits per heavy atom. The molecule has 10 heteroatoms. The molecule has 0 saturated heterocycles. The highest BCUT2D eigenvalue weighted by Gasteiger charge is 2.19. The number of nitrogens with zero attached hydrogens (tertiary/aromatic N) is 4. The Hall–Kier alpha value is -3.95. The van der Waals surface area contributed by atoms with Crippen molar-refractivity contribution in [2.45, 2.75) is 31.8 Å². The highest BCUT2D eigenvalue weighted by atomic mass is 19.1. The number of benzene rings is 2. The van der Waals surface area contributed by atoms with Crippen molar-refractivity contribution in [1.82, 2.24) is 25.4 Å². The number of carbonyl (C=O) groups is 1. The zero-order valence-corrected chi connectivity index (χ0v) is 16.8. The van der Waals surface area contributed by atoms with E-state index in [1.807, 2.05) is 0 Å². The average Bonchev–Trinajstić information content (AvgIpc) is 3.47. The molecule has 8 nitrogen and oxygen atoms in total. The van der Waals surface area contributed by atoms with E-state index < -0.39 is 17.5 Å². The van der Waals surface area contributed by atoms with Crippen LogP contribution in [0.2, 0.25) is 0 Å². The van der Waals surface area contributed by atoms with Gasteiger partial charge in [0.15, 0.2) is 17.4 Å². The summed E-state index contributed by atoms with van der Waals surface area (Å²) in [6.07, 6.45) is 5.44. The van der Waals surface area contributed by atoms with Crippen LogP contribution in [0.5, 0.6) is 5.75 Å². The summed E-state index contributed by atoms with van der Waals surface area (Å²) in [4.78, 5) is 21.1. The van der Waals surface area contributed by atoms with Crippen LogP contribution >= 0.6 is 0 Å². The van der Waals surface area contributed by atoms with Gasteiger partial charge in [-0.1, -0.05) is 0 Å². The number of halogens is 2. The van der Waals surface area contributed by atoms with Crippen molar-refractivity contribution in [2.24, 2.45) is 0 Å². The minimum absolute atomic E-state index is 0.0143. The first kappa shape index (κ1) is 20.0. The van der Waals surface area contributed by atoms with Crippen LogP contribution in [0.3, 0.4) is 0 Å². The fraction of sp³-hybridized carbons (Fsp3) is 0.227. The monoisotopic (exact) mass is 436 g/mol. The Kier molecular flexibility index (Phi) is 5.18. The van der Waals surface area contributed by atoms with Crippen molar-refractivity contribution in [3.8, 4) is 17.1 Å². The van der Waals surface area contributed by atoms with Crippen LogP contribution in [0.1, 0.15) is 36.0 Å². The summed E-state index contributed by atoms with van der Waals surface area (Å²) in [5, 5.41) is 12.7. The lowest BCUT2D eigenvalue weighted by molar-refractivity contribution is 0.102. The van der Waals surface area contributed by atoms with Gasteiger partial charge in [-0.2, -0.15) is 10.3 Å². The molecule has 2 aromatic heterocycles. The molecular weight excluding hydrogens is 418 g/mol. The van der Waals surface area contributed by atoms with E-state index in [0.717, 1.165) is 37.8 Å². The minimum Gasteiger partial charge on any atom is -0.487 e. The van der Waals surface area contributed by atoms with Crippen LogP contribution in [-0.2, 0) is 0 Å². The zero-order valence-electron chi connectivity index (χ0n) is 16.8. The van der Waals surface area contributed by atoms with Gasteiger partial charge in [-0.05, 0) is 56.0 Å². The first-order valence-corrected chi connectivity index (χ1v) is 10.2. The number of rotatable bonds is 5. The molecule has 162 valence electrons. The van der Waals surface area contributed by atoms with Gasteiger partial charge in [0.2, 0.25) is 5.65 Å². The number of aromatic nitrogens is 5. The summed E-state index contributed by atoms with van der Waals surface area (Å²) in [6, 6.07) is 8.10. The van der Waals surface area contributed by atoms with Crippen LogP contribution in [0.4, 0.5) is 14.5 Å². The minimum atomic E-state index is -0.726. The summed E-state index contributed by atoms with van der Waals surface area (Å²) in [5.74, 6) is -1.63. The fourth-order valence-electron chi connectivity index (χ4n) is 3.69. The zero-order chi connectivity index (χ0) is 22.1. The predicted molar refractivity (Wildman–Crippen MR) is 112 cm³/mol. The largest absolute Gasteiger partial charge is 0.487 e. The third-order valence-corrected chi connectivity index (χ3v) is 5.33. The number of hydrogen-bond acceptors (Lipinski definition) is 6. The second-order valence-electron chi connectivity index (χ2n) is 7.54. The predicted octanol–water partition coefficient (Wildman–Crippen LogP) is 4.27. The Balaban J connectivity index is 1.36. The molecule has 1 saturated carbocycles. The van der Waals surface area contributed by atoms with Crippen LogP contribution < -0.4 is 10.1 Å². The normalized spacial score (nSPS) is 14.1. The first-order chi connectivity index (χ1) is 15.6. The van der Waals surface area contributed by atoms with E-state index in [9.17, 15) is 13.6 Å². The van der Waals surface area contributed by atoms with Crippen molar-refractivity contribution in [3.63, 3.8) is 0 Å². The maximum absolute atomic E-state index is 14.4. The fourth-order valence-corrected chi connectivity index (χ4v) is 3.69. The molecule has 32 heavy (non-hydrogen) atoms. The van der Waals surface area contributed by atoms with Gasteiger partial charge >= 0.3 is 0 Å². The van der Waals surface area contributed by atoms with Gasteiger partial charge in [0.25, 0.3) is 5.91 Å². The summed E-state index contributed by atoms with van der Waals surface area (Å²) in [7, 11) is 0. The molecule has 2 N–H and O–H groups in total. The molecule has 2 aromatic carbocycles. The number of ether oxygens (including phenoxy) is 1. The Morgan fingerprint density at radius 3 is 2.72 bits per heavy atom. The molecule has 2 heterocycles. The summed E-state index contributed by atoms with van der Waals surface area (Å²) < 4.78 is 34.5. The third kappa shape index (κ3) is 3.98. The van der Waals surface area contributed by atoms with Crippen molar-refractivity contribution in [3.05, 3.63) is 59.8 Å². The second kappa shape index (κ2) is 8.29. The number of hydrogen-bond donors (Lipinski definition) is 2. The van der Waals surface area contributed by atoms with Gasteiger partial charge in [-0.15, -0.1) is 5.10 Å². The number of H-pyrrole nitrogens is 1. The molecule has 0 radical (unpaired) electrons. The van der Waals surface area contributed by atoms with Crippen LogP contribution in [0.15, 0.2) is 42.6 Å². The van der Waals surface area contributed by atoms with Crippen molar-refractivity contribution < 1.29 is 18.3 Å². The molecule has 0 bridgehead atoms. The second-order valence-corrected chi connectivity index (χ2v) is 7.54. The number of fused-ring (bicyclic) bond motifs is 1. The Bertz CT molecular complexity index is 1300. The molecule has 1 aliphatic rings. The van der Waals surface area contributed by atoms with E-state index in [-0.39, 0.29) is 28.9 Å². The van der Waals surface area contributed by atoms with E-state index in [2.05, 4.69) is 30.7 Å². The Morgan fingerprint density at radius 2 is 1.91 bits per heavy atom. The van der Waals surface area contributed by atoms with E-state index >= 15 is 0 Å². The number of aromatic amines is 1. The molecule has 5 rings (SSSR count). The number of anilines is 1. The quantitative estimate of drug-likeness (QED) is 0.484. The van der Waals surface area contributed by atoms with Gasteiger partial charge in [0.1, 0.15) is 11.3 Å². The standard InChI is InChI=1S/C22H18F2N6O2/c23-16-7-5-12(20-25-11-18-21(27-20)29-30-28-18)9-15(16)22(31)26-13-6-8-19(17(24)10-13)32-14-3-1-2-4-14/h5-11,14H,1-4H2,(H,26,31)(H,25,27,28,29,30). The summed E-state index contributed by atoms with van der Waals surface area (Å²) in [5.41, 5.74) is 1.22. The maximum atomic E-state index is 14.4. The number of carbonyl (C=O) groups excluding carboxylic acids is 1. The van der Waals surface area contributed by atoms with Gasteiger partial charge in [-0.3, -0.25) is 4.79 Å². The van der Waals surface area contributed by atoms with E-state index in [0.29, 0.717) is 16.7 Å². The van der Waals surface area contributed by atoms with Crippen molar-refractivity contribution in [1.29, 1.82) is 0 Å². The molecular formula is C22H18F2N6O2. The SMILES string of the molecule is O=C(Nc1ccc(OC2CCCC2)c(F)c1)c1cc(-c2ncc3n[nH]nc3n2)ccc1F. The number of nitrogens with one attached hydrogen (secondary N) is 2. The topological polar surface area (TPSA) is 106 Å². The lowest BCUT2D eigenvalue weighted by atomic mass is 10.1. The van der Waals surface area contributed by atoms with E-state index in [1.165, 1.54) is 30.5 Å². The van der Waals surface area contributed by atoms with Crippen LogP contribution in [-0.4, -0.2) is 37.4 Å². The van der Waals surface area contributed by atoms with Crippen molar-refractivity contribution >= 4 is 22.8 Å². The molecule has 4 aromatic rings. The molecule has 0 unspecified atom stereocenters. The van der Waals surface area contributed by atoms with Gasteiger partial charge in [0.05, 0.1) is 17.9 Å². The van der Waals surface area contributed by atoms with E-state index in [1.54, 1.807) is 0 Å². The highest BCUT2D eigenvalue weighted by molar-refractivity contribution is 6.05. The summed E-state index contributed by atoms with van der Waals surface area (Å²) in [6.45, 7) is 0. The summed E-state index contributed by atoms with van der Waals surface area (Å²) >= 11 is 0. The third-order valence-electron chi connectivity index (χ3n) is 5.33. The molecule has 0 spiro atoms. The molecule has 1 amide bonds.